The van der Waals surface area contributed by atoms with Gasteiger partial charge in [0.25, 0.3) is 0 Å². The van der Waals surface area contributed by atoms with Crippen LogP contribution in [0.5, 0.6) is 0 Å². The molecule has 2 atom stereocenters. The second-order valence-electron chi connectivity index (χ2n) is 4.86. The van der Waals surface area contributed by atoms with E-state index in [4.69, 9.17) is 0 Å². The Bertz CT molecular complexity index is 442. The van der Waals surface area contributed by atoms with E-state index in [2.05, 4.69) is 9.47 Å². The zero-order chi connectivity index (χ0) is 19.2. The highest BCUT2D eigenvalue weighted by Gasteiger charge is 2.81. The summed E-state index contributed by atoms with van der Waals surface area (Å²) in [5.74, 6) is -26.9. The normalized spacial score (nSPS) is 21.8. The SMILES string of the molecule is FC(C(F)(F)C(F)(F)F)C(F)(F)C(F)(F)C(F)(F)COCC1CO1. The Morgan fingerprint density at radius 1 is 0.875 bits per heavy atom. The van der Waals surface area contributed by atoms with Gasteiger partial charge in [-0.2, -0.15) is 48.3 Å². The molecule has 1 heterocycles. The van der Waals surface area contributed by atoms with Crippen LogP contribution in [-0.2, 0) is 9.47 Å². The molecule has 2 nitrogen and oxygen atoms in total. The molecular formula is C10H8F12O2. The molecule has 2 unspecified atom stereocenters. The van der Waals surface area contributed by atoms with Gasteiger partial charge in [-0.1, -0.05) is 0 Å². The average Bonchev–Trinajstić information content (AvgIpc) is 3.19. The molecule has 1 aliphatic rings. The lowest BCUT2D eigenvalue weighted by Gasteiger charge is -2.36. The van der Waals surface area contributed by atoms with E-state index in [0.717, 1.165) is 0 Å². The molecule has 1 aliphatic heterocycles. The monoisotopic (exact) mass is 388 g/mol. The van der Waals surface area contributed by atoms with E-state index in [1.54, 1.807) is 0 Å². The number of rotatable bonds is 8. The highest BCUT2D eigenvalue weighted by Crippen LogP contribution is 2.53. The Labute approximate surface area is 125 Å². The van der Waals surface area contributed by atoms with Gasteiger partial charge in [0.15, 0.2) is 0 Å². The van der Waals surface area contributed by atoms with Gasteiger partial charge < -0.3 is 9.47 Å². The van der Waals surface area contributed by atoms with E-state index >= 15 is 0 Å². The predicted octanol–water partition coefficient (Wildman–Crippen LogP) is 3.84. The van der Waals surface area contributed by atoms with Gasteiger partial charge in [0.1, 0.15) is 12.7 Å². The minimum absolute atomic E-state index is 0.00246. The summed E-state index contributed by atoms with van der Waals surface area (Å²) in [5.41, 5.74) is 0. The van der Waals surface area contributed by atoms with E-state index in [-0.39, 0.29) is 6.61 Å². The number of hydrogen-bond acceptors (Lipinski definition) is 2. The van der Waals surface area contributed by atoms with Crippen molar-refractivity contribution in [1.29, 1.82) is 0 Å². The first-order valence-electron chi connectivity index (χ1n) is 5.90. The third kappa shape index (κ3) is 3.68. The van der Waals surface area contributed by atoms with Crippen LogP contribution in [0, 0.1) is 0 Å². The van der Waals surface area contributed by atoms with Crippen molar-refractivity contribution in [3.63, 3.8) is 0 Å². The summed E-state index contributed by atoms with van der Waals surface area (Å²) >= 11 is 0. The third-order valence-corrected chi connectivity index (χ3v) is 2.88. The van der Waals surface area contributed by atoms with Crippen LogP contribution in [0.1, 0.15) is 0 Å². The fourth-order valence-corrected chi connectivity index (χ4v) is 1.35. The molecule has 1 saturated heterocycles. The van der Waals surface area contributed by atoms with Crippen LogP contribution in [0.4, 0.5) is 52.7 Å². The minimum Gasteiger partial charge on any atom is -0.372 e. The molecule has 0 N–H and O–H groups in total. The maximum Gasteiger partial charge on any atom is 0.456 e. The first-order chi connectivity index (χ1) is 10.5. The number of hydrogen-bond donors (Lipinski definition) is 0. The maximum absolute atomic E-state index is 13.1. The first kappa shape index (κ1) is 21.1. The summed E-state index contributed by atoms with van der Waals surface area (Å²) in [5, 5.41) is 0. The minimum atomic E-state index is -7.05. The lowest BCUT2D eigenvalue weighted by molar-refractivity contribution is -0.380. The highest BCUT2D eigenvalue weighted by atomic mass is 19.4. The second kappa shape index (κ2) is 6.11. The van der Waals surface area contributed by atoms with Crippen LogP contribution in [0.3, 0.4) is 0 Å². The Morgan fingerprint density at radius 2 is 1.33 bits per heavy atom. The molecule has 1 rings (SSSR count). The summed E-state index contributed by atoms with van der Waals surface area (Å²) in [4.78, 5) is 0. The average molecular weight is 388 g/mol. The van der Waals surface area contributed by atoms with E-state index in [9.17, 15) is 52.7 Å². The van der Waals surface area contributed by atoms with Crippen LogP contribution in [0.15, 0.2) is 0 Å². The van der Waals surface area contributed by atoms with Crippen LogP contribution < -0.4 is 0 Å². The topological polar surface area (TPSA) is 21.8 Å². The second-order valence-corrected chi connectivity index (χ2v) is 4.86. The predicted molar refractivity (Wildman–Crippen MR) is 51.3 cm³/mol. The Hall–Kier alpha value is -0.920. The highest BCUT2D eigenvalue weighted by molar-refractivity contribution is 5.05. The fraction of sp³-hybridized carbons (Fsp3) is 1.00. The molecule has 0 aliphatic carbocycles. The van der Waals surface area contributed by atoms with Gasteiger partial charge in [-0.05, 0) is 0 Å². The van der Waals surface area contributed by atoms with Crippen molar-refractivity contribution in [1.82, 2.24) is 0 Å². The fourth-order valence-electron chi connectivity index (χ4n) is 1.35. The van der Waals surface area contributed by atoms with E-state index in [1.165, 1.54) is 0 Å². The van der Waals surface area contributed by atoms with Gasteiger partial charge >= 0.3 is 29.9 Å². The molecule has 0 radical (unpaired) electrons. The molecule has 0 amide bonds. The molecule has 0 saturated carbocycles. The van der Waals surface area contributed by atoms with Crippen LogP contribution in [0.25, 0.3) is 0 Å². The molecule has 0 aromatic carbocycles. The summed E-state index contributed by atoms with van der Waals surface area (Å²) in [6.07, 6.45) is -13.7. The van der Waals surface area contributed by atoms with Crippen LogP contribution in [0.2, 0.25) is 0 Å². The van der Waals surface area contributed by atoms with Crippen molar-refractivity contribution >= 4 is 0 Å². The number of alkyl halides is 12. The molecule has 24 heavy (non-hydrogen) atoms. The third-order valence-electron chi connectivity index (χ3n) is 2.88. The number of ether oxygens (including phenoxy) is 2. The van der Waals surface area contributed by atoms with Crippen molar-refractivity contribution in [2.75, 3.05) is 19.8 Å². The number of halogens is 12. The van der Waals surface area contributed by atoms with E-state index < -0.39 is 55.4 Å². The smallest absolute Gasteiger partial charge is 0.372 e. The Balaban J connectivity index is 2.98. The van der Waals surface area contributed by atoms with E-state index in [0.29, 0.717) is 0 Å². The van der Waals surface area contributed by atoms with Crippen molar-refractivity contribution in [3.05, 3.63) is 0 Å². The van der Waals surface area contributed by atoms with Gasteiger partial charge in [-0.3, -0.25) is 0 Å². The van der Waals surface area contributed by atoms with Crippen molar-refractivity contribution < 1.29 is 62.2 Å². The van der Waals surface area contributed by atoms with Crippen molar-refractivity contribution in [2.24, 2.45) is 0 Å². The van der Waals surface area contributed by atoms with Gasteiger partial charge in [-0.15, -0.1) is 0 Å². The molecule has 144 valence electrons. The lowest BCUT2D eigenvalue weighted by Crippen LogP contribution is -2.65. The van der Waals surface area contributed by atoms with Crippen molar-refractivity contribution in [3.8, 4) is 0 Å². The quantitative estimate of drug-likeness (QED) is 0.466. The van der Waals surface area contributed by atoms with Crippen LogP contribution in [-0.4, -0.2) is 62.0 Å². The molecule has 0 bridgehead atoms. The maximum atomic E-state index is 13.1. The lowest BCUT2D eigenvalue weighted by atomic mass is 9.96. The molecule has 1 fully saturated rings. The van der Waals surface area contributed by atoms with Gasteiger partial charge in [-0.25, -0.2) is 4.39 Å². The summed E-state index contributed by atoms with van der Waals surface area (Å²) < 4.78 is 160. The molecule has 14 heteroatoms. The number of epoxide rings is 1. The van der Waals surface area contributed by atoms with E-state index in [1.807, 2.05) is 0 Å². The molecule has 0 aromatic rings. The molecular weight excluding hydrogens is 380 g/mol. The standard InChI is InChI=1S/C10H8F12O2/c11-5(8(16,17)10(20,21)22)7(14,15)9(18,19)6(12,13)3-23-1-4-2-24-4/h4-5H,1-3H2. The Morgan fingerprint density at radius 3 is 1.71 bits per heavy atom. The van der Waals surface area contributed by atoms with Crippen molar-refractivity contribution in [2.45, 2.75) is 42.1 Å². The summed E-state index contributed by atoms with van der Waals surface area (Å²) in [6.45, 7) is -3.21. The van der Waals surface area contributed by atoms with Gasteiger partial charge in [0.2, 0.25) is 6.17 Å². The molecule has 0 spiro atoms. The largest absolute Gasteiger partial charge is 0.456 e. The zero-order valence-corrected chi connectivity index (χ0v) is 11.1. The molecule has 0 aromatic heterocycles. The van der Waals surface area contributed by atoms with Crippen LogP contribution >= 0.6 is 0 Å². The van der Waals surface area contributed by atoms with Gasteiger partial charge in [0, 0.05) is 0 Å². The van der Waals surface area contributed by atoms with Gasteiger partial charge in [0.05, 0.1) is 13.2 Å². The summed E-state index contributed by atoms with van der Waals surface area (Å²) in [7, 11) is 0. The first-order valence-corrected chi connectivity index (χ1v) is 5.90. The summed E-state index contributed by atoms with van der Waals surface area (Å²) in [6, 6.07) is 0. The Kier molecular flexibility index (Phi) is 5.38. The zero-order valence-electron chi connectivity index (χ0n) is 11.1.